The predicted octanol–water partition coefficient (Wildman–Crippen LogP) is 1.35. The lowest BCUT2D eigenvalue weighted by Gasteiger charge is -2.20. The second-order valence-electron chi connectivity index (χ2n) is 6.61. The minimum absolute atomic E-state index is 0.0553. The Labute approximate surface area is 150 Å². The van der Waals surface area contributed by atoms with Crippen molar-refractivity contribution < 1.29 is 15.0 Å². The maximum Gasteiger partial charge on any atom is 0.254 e. The minimum atomic E-state index is -0.623. The Bertz CT molecular complexity index is 959. The maximum absolute atomic E-state index is 13.0. The van der Waals surface area contributed by atoms with E-state index in [4.69, 9.17) is 0 Å². The third kappa shape index (κ3) is 2.97. The number of carbonyl (C=O) groups is 1. The Kier molecular flexibility index (Phi) is 4.21. The number of aryl methyl sites for hydroxylation is 1. The monoisotopic (exact) mass is 355 g/mol. The summed E-state index contributed by atoms with van der Waals surface area (Å²) in [6.45, 7) is 3.35. The molecule has 0 spiro atoms. The van der Waals surface area contributed by atoms with Crippen LogP contribution in [0.25, 0.3) is 11.0 Å². The summed E-state index contributed by atoms with van der Waals surface area (Å²) in [5.41, 5.74) is 3.59. The number of rotatable bonds is 3. The molecule has 1 atom stereocenters. The van der Waals surface area contributed by atoms with Gasteiger partial charge in [-0.1, -0.05) is 0 Å². The molecule has 0 aliphatic carbocycles. The molecule has 3 aromatic rings. The van der Waals surface area contributed by atoms with E-state index in [-0.39, 0.29) is 12.5 Å². The SMILES string of the molecule is CC(O)c1cc2n(n1)CCCN(C(=O)c1ccc3nc(CO)[nH]c3c1)C2. The number of imidazole rings is 1. The number of H-pyrrole nitrogens is 1. The van der Waals surface area contributed by atoms with Gasteiger partial charge in [0.15, 0.2) is 0 Å². The van der Waals surface area contributed by atoms with Gasteiger partial charge in [-0.25, -0.2) is 4.98 Å². The van der Waals surface area contributed by atoms with Crippen molar-refractivity contribution in [2.24, 2.45) is 0 Å². The van der Waals surface area contributed by atoms with E-state index in [0.29, 0.717) is 30.2 Å². The second kappa shape index (κ2) is 6.54. The number of aromatic nitrogens is 4. The second-order valence-corrected chi connectivity index (χ2v) is 6.61. The molecule has 0 saturated heterocycles. The van der Waals surface area contributed by atoms with E-state index in [9.17, 15) is 15.0 Å². The number of carbonyl (C=O) groups excluding carboxylic acids is 1. The van der Waals surface area contributed by atoms with E-state index in [1.165, 1.54) is 0 Å². The number of aliphatic hydroxyl groups is 2. The van der Waals surface area contributed by atoms with Gasteiger partial charge in [-0.2, -0.15) is 5.10 Å². The summed E-state index contributed by atoms with van der Waals surface area (Å²) in [6.07, 6.45) is 0.183. The quantitative estimate of drug-likeness (QED) is 0.657. The highest BCUT2D eigenvalue weighted by atomic mass is 16.3. The smallest absolute Gasteiger partial charge is 0.254 e. The highest BCUT2D eigenvalue weighted by Crippen LogP contribution is 2.21. The fourth-order valence-electron chi connectivity index (χ4n) is 3.31. The highest BCUT2D eigenvalue weighted by Gasteiger charge is 2.23. The van der Waals surface area contributed by atoms with Crippen LogP contribution in [-0.2, 0) is 19.7 Å². The molecule has 0 fully saturated rings. The number of hydrogen-bond acceptors (Lipinski definition) is 5. The molecule has 8 heteroatoms. The largest absolute Gasteiger partial charge is 0.388 e. The van der Waals surface area contributed by atoms with Crippen molar-refractivity contribution >= 4 is 16.9 Å². The number of amides is 1. The molecule has 3 heterocycles. The van der Waals surface area contributed by atoms with Crippen LogP contribution in [0.5, 0.6) is 0 Å². The van der Waals surface area contributed by atoms with E-state index in [1.54, 1.807) is 30.0 Å². The first-order chi connectivity index (χ1) is 12.5. The summed E-state index contributed by atoms with van der Waals surface area (Å²) >= 11 is 0. The normalized spacial score (nSPS) is 15.7. The minimum Gasteiger partial charge on any atom is -0.388 e. The van der Waals surface area contributed by atoms with Crippen molar-refractivity contribution in [2.75, 3.05) is 6.54 Å². The van der Waals surface area contributed by atoms with Crippen LogP contribution in [0.4, 0.5) is 0 Å². The van der Waals surface area contributed by atoms with Crippen LogP contribution in [0.2, 0.25) is 0 Å². The van der Waals surface area contributed by atoms with E-state index in [2.05, 4.69) is 15.1 Å². The first kappa shape index (κ1) is 16.7. The summed E-state index contributed by atoms with van der Waals surface area (Å²) in [5, 5.41) is 23.3. The zero-order valence-electron chi connectivity index (χ0n) is 14.5. The fraction of sp³-hybridized carbons (Fsp3) is 0.389. The summed E-state index contributed by atoms with van der Waals surface area (Å²) in [7, 11) is 0. The van der Waals surface area contributed by atoms with Gasteiger partial charge in [0.1, 0.15) is 12.4 Å². The zero-order valence-corrected chi connectivity index (χ0v) is 14.5. The number of aromatic amines is 1. The number of fused-ring (bicyclic) bond motifs is 2. The molecule has 4 rings (SSSR count). The lowest BCUT2D eigenvalue weighted by atomic mass is 10.1. The number of benzene rings is 1. The van der Waals surface area contributed by atoms with Gasteiger partial charge in [-0.05, 0) is 37.6 Å². The van der Waals surface area contributed by atoms with Gasteiger partial charge >= 0.3 is 0 Å². The number of hydrogen-bond donors (Lipinski definition) is 3. The van der Waals surface area contributed by atoms with Crippen molar-refractivity contribution in [1.29, 1.82) is 0 Å². The van der Waals surface area contributed by atoms with Gasteiger partial charge in [-0.3, -0.25) is 9.48 Å². The summed E-state index contributed by atoms with van der Waals surface area (Å²) in [4.78, 5) is 22.0. The molecule has 2 aromatic heterocycles. The molecule has 3 N–H and O–H groups in total. The van der Waals surface area contributed by atoms with Crippen LogP contribution in [0.3, 0.4) is 0 Å². The van der Waals surface area contributed by atoms with Crippen molar-refractivity contribution in [3.8, 4) is 0 Å². The van der Waals surface area contributed by atoms with Gasteiger partial charge < -0.3 is 20.1 Å². The molecule has 1 aromatic carbocycles. The summed E-state index contributed by atoms with van der Waals surface area (Å²) < 4.78 is 1.88. The van der Waals surface area contributed by atoms with Crippen molar-refractivity contribution in [1.82, 2.24) is 24.6 Å². The van der Waals surface area contributed by atoms with Crippen molar-refractivity contribution in [2.45, 2.75) is 39.1 Å². The van der Waals surface area contributed by atoms with E-state index < -0.39 is 6.10 Å². The van der Waals surface area contributed by atoms with Crippen LogP contribution >= 0.6 is 0 Å². The summed E-state index contributed by atoms with van der Waals surface area (Å²) in [5.74, 6) is 0.425. The first-order valence-electron chi connectivity index (χ1n) is 8.68. The third-order valence-electron chi connectivity index (χ3n) is 4.68. The molecular weight excluding hydrogens is 334 g/mol. The first-order valence-corrected chi connectivity index (χ1v) is 8.68. The zero-order chi connectivity index (χ0) is 18.3. The Morgan fingerprint density at radius 3 is 2.96 bits per heavy atom. The number of nitrogens with zero attached hydrogens (tertiary/aromatic N) is 4. The van der Waals surface area contributed by atoms with E-state index in [0.717, 1.165) is 29.7 Å². The van der Waals surface area contributed by atoms with Gasteiger partial charge in [0, 0.05) is 18.7 Å². The molecule has 1 aliphatic rings. The Hall–Kier alpha value is -2.71. The van der Waals surface area contributed by atoms with Crippen LogP contribution in [-0.4, -0.2) is 47.3 Å². The lowest BCUT2D eigenvalue weighted by molar-refractivity contribution is 0.0746. The number of nitrogens with one attached hydrogen (secondary N) is 1. The Morgan fingerprint density at radius 2 is 2.19 bits per heavy atom. The molecule has 0 bridgehead atoms. The highest BCUT2D eigenvalue weighted by molar-refractivity contribution is 5.97. The maximum atomic E-state index is 13.0. The molecule has 8 nitrogen and oxygen atoms in total. The molecule has 1 unspecified atom stereocenters. The van der Waals surface area contributed by atoms with Crippen molar-refractivity contribution in [3.63, 3.8) is 0 Å². The van der Waals surface area contributed by atoms with E-state index in [1.807, 2.05) is 10.7 Å². The lowest BCUT2D eigenvalue weighted by Crippen LogP contribution is -2.30. The summed E-state index contributed by atoms with van der Waals surface area (Å²) in [6, 6.07) is 7.18. The van der Waals surface area contributed by atoms with Crippen LogP contribution < -0.4 is 0 Å². The Morgan fingerprint density at radius 1 is 1.35 bits per heavy atom. The molecule has 136 valence electrons. The standard InChI is InChI=1S/C18H21N5O3/c1-11(25)15-8-13-9-22(5-2-6-23(13)21-15)18(26)12-3-4-14-16(7-12)20-17(10-24)19-14/h3-4,7-8,11,24-25H,2,5-6,9-10H2,1H3,(H,19,20). The topological polar surface area (TPSA) is 107 Å². The van der Waals surface area contributed by atoms with E-state index >= 15 is 0 Å². The Balaban J connectivity index is 1.60. The molecule has 1 amide bonds. The van der Waals surface area contributed by atoms with Gasteiger partial charge in [0.05, 0.1) is 35.1 Å². The predicted molar refractivity (Wildman–Crippen MR) is 94.2 cm³/mol. The molecule has 0 radical (unpaired) electrons. The molecule has 1 aliphatic heterocycles. The van der Waals surface area contributed by atoms with Crippen LogP contribution in [0, 0.1) is 0 Å². The van der Waals surface area contributed by atoms with Gasteiger partial charge in [-0.15, -0.1) is 0 Å². The fourth-order valence-corrected chi connectivity index (χ4v) is 3.31. The third-order valence-corrected chi connectivity index (χ3v) is 4.68. The average molecular weight is 355 g/mol. The average Bonchev–Trinajstić information content (AvgIpc) is 3.18. The van der Waals surface area contributed by atoms with Crippen LogP contribution in [0.1, 0.15) is 47.0 Å². The van der Waals surface area contributed by atoms with Crippen molar-refractivity contribution in [3.05, 3.63) is 47.0 Å². The van der Waals surface area contributed by atoms with Gasteiger partial charge in [0.2, 0.25) is 0 Å². The van der Waals surface area contributed by atoms with Gasteiger partial charge in [0.25, 0.3) is 5.91 Å². The molecule has 0 saturated carbocycles. The van der Waals surface area contributed by atoms with Crippen LogP contribution in [0.15, 0.2) is 24.3 Å². The molecule has 26 heavy (non-hydrogen) atoms. The molecular formula is C18H21N5O3. The number of aliphatic hydroxyl groups excluding tert-OH is 2.